The number of pyridine rings is 1. The van der Waals surface area contributed by atoms with Crippen LogP contribution in [0.4, 0.5) is 0 Å². The molecule has 0 aliphatic carbocycles. The number of rotatable bonds is 11. The van der Waals surface area contributed by atoms with Gasteiger partial charge < -0.3 is 0 Å². The summed E-state index contributed by atoms with van der Waals surface area (Å²) >= 11 is -2.33. The van der Waals surface area contributed by atoms with Gasteiger partial charge in [0.15, 0.2) is 0 Å². The van der Waals surface area contributed by atoms with Crippen LogP contribution in [0.25, 0.3) is 0 Å². The van der Waals surface area contributed by atoms with Gasteiger partial charge in [0.05, 0.1) is 0 Å². The van der Waals surface area contributed by atoms with Crippen molar-refractivity contribution in [1.82, 2.24) is 9.88 Å². The van der Waals surface area contributed by atoms with Crippen molar-refractivity contribution in [3.05, 3.63) is 23.9 Å². The molecule has 1 aliphatic rings. The zero-order chi connectivity index (χ0) is 20.1. The normalized spacial score (nSPS) is 17.5. The van der Waals surface area contributed by atoms with Crippen LogP contribution in [-0.4, -0.2) is 41.9 Å². The predicted molar refractivity (Wildman–Crippen MR) is 120 cm³/mol. The molecular formula is C23H41N3Sn. The zero-order valence-corrected chi connectivity index (χ0v) is 21.1. The van der Waals surface area contributed by atoms with Gasteiger partial charge in [-0.3, -0.25) is 0 Å². The van der Waals surface area contributed by atoms with Crippen LogP contribution in [0.1, 0.15) is 83.7 Å². The van der Waals surface area contributed by atoms with Crippen LogP contribution in [0.15, 0.2) is 18.3 Å². The number of nitrogens with zero attached hydrogens (tertiary/aromatic N) is 3. The van der Waals surface area contributed by atoms with Crippen LogP contribution in [0.3, 0.4) is 0 Å². The standard InChI is InChI=1S/C10H13N2.3C4H9.CHN.Sn/c1-12-7-3-5-10(12)9-4-2-6-11-8-9;3*1-3-4-2;1-2;/h2,4,8,10H,3,5,7H2,1H3;3*1,3-4H2,2H3;1H;. The number of hydrogen-bond acceptors (Lipinski definition) is 3. The van der Waals surface area contributed by atoms with Gasteiger partial charge in [-0.25, -0.2) is 5.26 Å². The third-order valence-electron chi connectivity index (χ3n) is 6.26. The predicted octanol–water partition coefficient (Wildman–Crippen LogP) is 6.04. The molecule has 1 fully saturated rings. The van der Waals surface area contributed by atoms with Gasteiger partial charge in [-0.1, -0.05) is 0 Å². The first kappa shape index (κ1) is 24.4. The maximum atomic E-state index is 6.50. The summed E-state index contributed by atoms with van der Waals surface area (Å²) in [6.07, 6.45) is 13.1. The molecule has 0 aromatic carbocycles. The van der Waals surface area contributed by atoms with Gasteiger partial charge in [-0.2, -0.15) is 0 Å². The van der Waals surface area contributed by atoms with Gasteiger partial charge in [-0.05, 0) is 0 Å². The monoisotopic (exact) mass is 479 g/mol. The van der Waals surface area contributed by atoms with E-state index in [1.165, 1.54) is 76.8 Å². The van der Waals surface area contributed by atoms with Crippen LogP contribution >= 0.6 is 0 Å². The molecule has 1 aromatic heterocycles. The fourth-order valence-corrected chi connectivity index (χ4v) is 19.9. The molecule has 3 nitrogen and oxygen atoms in total. The van der Waals surface area contributed by atoms with Crippen molar-refractivity contribution < 1.29 is 0 Å². The number of unbranched alkanes of at least 4 members (excludes halogenated alkanes) is 3. The molecule has 2 rings (SSSR count). The third kappa shape index (κ3) is 7.05. The van der Waals surface area contributed by atoms with Crippen molar-refractivity contribution in [2.75, 3.05) is 13.6 Å². The molecule has 152 valence electrons. The molecule has 0 bridgehead atoms. The summed E-state index contributed by atoms with van der Waals surface area (Å²) in [6.45, 7) is 11.8. The van der Waals surface area contributed by atoms with Gasteiger partial charge in [0, 0.05) is 6.57 Å². The SMILES string of the molecule is C#N.CCC[CH2][Sn]([CH2]CCC)([CH2]CCC)[c]1ccc(C2CCCN2C)cn1. The average Bonchev–Trinajstić information content (AvgIpc) is 3.15. The van der Waals surface area contributed by atoms with Crippen molar-refractivity contribution in [1.29, 1.82) is 5.26 Å². The Kier molecular flexibility index (Phi) is 12.3. The van der Waals surface area contributed by atoms with Crippen molar-refractivity contribution in [2.24, 2.45) is 0 Å². The number of hydrogen-bond donors (Lipinski definition) is 0. The summed E-state index contributed by atoms with van der Waals surface area (Å²) in [4.78, 5) is 7.65. The van der Waals surface area contributed by atoms with Crippen LogP contribution in [0, 0.1) is 11.8 Å². The van der Waals surface area contributed by atoms with Crippen molar-refractivity contribution in [3.8, 4) is 6.57 Å². The van der Waals surface area contributed by atoms with E-state index in [0.717, 1.165) is 0 Å². The van der Waals surface area contributed by atoms with E-state index in [1.807, 2.05) is 0 Å². The molecule has 1 saturated heterocycles. The molecular weight excluding hydrogens is 437 g/mol. The molecule has 0 spiro atoms. The molecule has 1 unspecified atom stereocenters. The Labute approximate surface area is 172 Å². The van der Waals surface area contributed by atoms with Crippen LogP contribution in [0.5, 0.6) is 0 Å². The fourth-order valence-electron chi connectivity index (χ4n) is 4.55. The van der Waals surface area contributed by atoms with Crippen molar-refractivity contribution in [3.63, 3.8) is 0 Å². The Balaban J connectivity index is 0.00000176. The van der Waals surface area contributed by atoms with Gasteiger partial charge >= 0.3 is 161 Å². The minimum atomic E-state index is -2.33. The molecule has 1 aliphatic heterocycles. The van der Waals surface area contributed by atoms with E-state index in [4.69, 9.17) is 10.2 Å². The van der Waals surface area contributed by atoms with Crippen molar-refractivity contribution in [2.45, 2.75) is 91.5 Å². The summed E-state index contributed by atoms with van der Waals surface area (Å²) in [7, 11) is 2.26. The van der Waals surface area contributed by atoms with Crippen molar-refractivity contribution >= 4 is 22.1 Å². The Hall–Kier alpha value is -0.601. The number of likely N-dealkylation sites (tertiary alicyclic amines) is 1. The summed E-state index contributed by atoms with van der Waals surface area (Å²) in [5, 5.41) is 6.50. The van der Waals surface area contributed by atoms with Gasteiger partial charge in [-0.15, -0.1) is 0 Å². The van der Waals surface area contributed by atoms with E-state index in [0.29, 0.717) is 6.04 Å². The fraction of sp³-hybridized carbons (Fsp3) is 0.739. The molecule has 27 heavy (non-hydrogen) atoms. The zero-order valence-electron chi connectivity index (χ0n) is 18.2. The van der Waals surface area contributed by atoms with E-state index in [-0.39, 0.29) is 0 Å². The molecule has 0 radical (unpaired) electrons. The Morgan fingerprint density at radius 2 is 1.59 bits per heavy atom. The molecule has 1 aromatic rings. The summed E-state index contributed by atoms with van der Waals surface area (Å²) in [5.41, 5.74) is 1.45. The van der Waals surface area contributed by atoms with Gasteiger partial charge in [0.25, 0.3) is 0 Å². The minimum absolute atomic E-state index is 0.605. The second-order valence-corrected chi connectivity index (χ2v) is 21.3. The van der Waals surface area contributed by atoms with Gasteiger partial charge in [0.2, 0.25) is 0 Å². The van der Waals surface area contributed by atoms with E-state index in [2.05, 4.69) is 57.6 Å². The summed E-state index contributed by atoms with van der Waals surface area (Å²) in [5.74, 6) is 0. The Morgan fingerprint density at radius 3 is 1.96 bits per heavy atom. The first-order chi connectivity index (χ1) is 13.2. The number of aromatic nitrogens is 1. The third-order valence-corrected chi connectivity index (χ3v) is 21.4. The van der Waals surface area contributed by atoms with E-state index in [1.54, 1.807) is 3.71 Å². The van der Waals surface area contributed by atoms with Gasteiger partial charge in [0.1, 0.15) is 0 Å². The summed E-state index contributed by atoms with van der Waals surface area (Å²) < 4.78 is 6.12. The van der Waals surface area contributed by atoms with Crippen LogP contribution in [-0.2, 0) is 0 Å². The molecule has 0 N–H and O–H groups in total. The molecule has 0 amide bonds. The molecule has 0 saturated carbocycles. The average molecular weight is 478 g/mol. The quantitative estimate of drug-likeness (QED) is 0.364. The first-order valence-electron chi connectivity index (χ1n) is 11.1. The van der Waals surface area contributed by atoms with Crippen LogP contribution in [0.2, 0.25) is 13.3 Å². The molecule has 4 heteroatoms. The molecule has 1 atom stereocenters. The molecule has 2 heterocycles. The Bertz CT molecular complexity index is 504. The number of nitriles is 1. The second kappa shape index (κ2) is 13.6. The maximum absolute atomic E-state index is 6.50. The Morgan fingerprint density at radius 1 is 1.04 bits per heavy atom. The first-order valence-corrected chi connectivity index (χ1v) is 18.6. The van der Waals surface area contributed by atoms with E-state index in [9.17, 15) is 0 Å². The van der Waals surface area contributed by atoms with Crippen LogP contribution < -0.4 is 3.71 Å². The van der Waals surface area contributed by atoms with E-state index >= 15 is 0 Å². The second-order valence-electron chi connectivity index (χ2n) is 8.21. The summed E-state index contributed by atoms with van der Waals surface area (Å²) in [6, 6.07) is 5.51. The van der Waals surface area contributed by atoms with E-state index < -0.39 is 18.4 Å². The topological polar surface area (TPSA) is 39.9 Å².